The zero-order chi connectivity index (χ0) is 18.1. The lowest BCUT2D eigenvalue weighted by atomic mass is 10.1. The van der Waals surface area contributed by atoms with Crippen LogP contribution >= 0.6 is 0 Å². The first-order chi connectivity index (χ1) is 12.2. The van der Waals surface area contributed by atoms with Crippen LogP contribution in [0, 0.1) is 0 Å². The number of aryl methyl sites for hydroxylation is 1. The van der Waals surface area contributed by atoms with E-state index in [9.17, 15) is 4.79 Å². The molecule has 1 amide bonds. The molecule has 2 rings (SSSR count). The summed E-state index contributed by atoms with van der Waals surface area (Å²) in [4.78, 5) is 11.9. The molecule has 0 saturated carbocycles. The topological polar surface area (TPSA) is 47.6 Å². The van der Waals surface area contributed by atoms with Gasteiger partial charge in [0.25, 0.3) is 0 Å². The maximum atomic E-state index is 11.9. The standard InChI is InChI=1S/C21H25NO3/c1-4-16-5-7-17(8-6-16)13-14-22-21(23)12-10-18-9-11-19(24-2)20(15-18)25-3/h5-12,15H,4,13-14H2,1-3H3,(H,22,23)/b12-10+. The zero-order valence-electron chi connectivity index (χ0n) is 15.0. The molecular formula is C21H25NO3. The fourth-order valence-electron chi connectivity index (χ4n) is 2.46. The highest BCUT2D eigenvalue weighted by molar-refractivity contribution is 5.91. The predicted molar refractivity (Wildman–Crippen MR) is 101 cm³/mol. The molecule has 0 aliphatic carbocycles. The molecule has 0 fully saturated rings. The fraction of sp³-hybridized carbons (Fsp3) is 0.286. The molecule has 1 N–H and O–H groups in total. The van der Waals surface area contributed by atoms with Crippen LogP contribution in [0.15, 0.2) is 48.5 Å². The lowest BCUT2D eigenvalue weighted by Gasteiger charge is -2.07. The highest BCUT2D eigenvalue weighted by Crippen LogP contribution is 2.27. The number of methoxy groups -OCH3 is 2. The molecule has 0 unspecified atom stereocenters. The predicted octanol–water partition coefficient (Wildman–Crippen LogP) is 3.64. The van der Waals surface area contributed by atoms with Gasteiger partial charge in [-0.3, -0.25) is 4.79 Å². The van der Waals surface area contributed by atoms with Gasteiger partial charge in [-0.2, -0.15) is 0 Å². The largest absolute Gasteiger partial charge is 0.493 e. The Morgan fingerprint density at radius 2 is 1.68 bits per heavy atom. The number of hydrogen-bond acceptors (Lipinski definition) is 3. The number of nitrogens with one attached hydrogen (secondary N) is 1. The van der Waals surface area contributed by atoms with Crippen molar-refractivity contribution in [2.24, 2.45) is 0 Å². The highest BCUT2D eigenvalue weighted by atomic mass is 16.5. The average Bonchev–Trinajstić information content (AvgIpc) is 2.66. The molecule has 2 aromatic carbocycles. The minimum absolute atomic E-state index is 0.111. The summed E-state index contributed by atoms with van der Waals surface area (Å²) >= 11 is 0. The summed E-state index contributed by atoms with van der Waals surface area (Å²) in [7, 11) is 3.18. The minimum atomic E-state index is -0.111. The van der Waals surface area contributed by atoms with Crippen LogP contribution in [0.1, 0.15) is 23.6 Å². The smallest absolute Gasteiger partial charge is 0.244 e. The van der Waals surface area contributed by atoms with Gasteiger partial charge in [0, 0.05) is 12.6 Å². The Labute approximate surface area is 149 Å². The van der Waals surface area contributed by atoms with Crippen LogP contribution in [0.5, 0.6) is 11.5 Å². The molecule has 0 aromatic heterocycles. The van der Waals surface area contributed by atoms with Gasteiger partial charge in [-0.05, 0) is 47.7 Å². The molecular weight excluding hydrogens is 314 g/mol. The summed E-state index contributed by atoms with van der Waals surface area (Å²) in [5.74, 6) is 1.19. The van der Waals surface area contributed by atoms with E-state index in [1.165, 1.54) is 17.2 Å². The molecule has 0 spiro atoms. The number of carbonyl (C=O) groups is 1. The van der Waals surface area contributed by atoms with E-state index < -0.39 is 0 Å². The van der Waals surface area contributed by atoms with E-state index in [0.29, 0.717) is 18.0 Å². The van der Waals surface area contributed by atoms with E-state index >= 15 is 0 Å². The Kier molecular flexibility index (Phi) is 7.08. The maximum Gasteiger partial charge on any atom is 0.244 e. The number of rotatable bonds is 8. The van der Waals surface area contributed by atoms with Gasteiger partial charge in [-0.25, -0.2) is 0 Å². The van der Waals surface area contributed by atoms with E-state index in [0.717, 1.165) is 18.4 Å². The molecule has 25 heavy (non-hydrogen) atoms. The number of hydrogen-bond donors (Lipinski definition) is 1. The van der Waals surface area contributed by atoms with Crippen molar-refractivity contribution < 1.29 is 14.3 Å². The van der Waals surface area contributed by atoms with E-state index in [-0.39, 0.29) is 5.91 Å². The van der Waals surface area contributed by atoms with Crippen molar-refractivity contribution in [2.45, 2.75) is 19.8 Å². The van der Waals surface area contributed by atoms with E-state index in [1.807, 2.05) is 18.2 Å². The summed E-state index contributed by atoms with van der Waals surface area (Å²) in [6.45, 7) is 2.75. The lowest BCUT2D eigenvalue weighted by molar-refractivity contribution is -0.116. The molecule has 0 heterocycles. The molecule has 0 atom stereocenters. The molecule has 0 aliphatic rings. The van der Waals surface area contributed by atoms with Gasteiger partial charge in [0.2, 0.25) is 5.91 Å². The monoisotopic (exact) mass is 339 g/mol. The molecule has 2 aromatic rings. The van der Waals surface area contributed by atoms with Crippen LogP contribution in [0.4, 0.5) is 0 Å². The summed E-state index contributed by atoms with van der Waals surface area (Å²) in [5.41, 5.74) is 3.43. The summed E-state index contributed by atoms with van der Waals surface area (Å²) in [6.07, 6.45) is 5.15. The molecule has 132 valence electrons. The van der Waals surface area contributed by atoms with Crippen molar-refractivity contribution in [3.8, 4) is 11.5 Å². The molecule has 0 saturated heterocycles. The maximum absolute atomic E-state index is 11.9. The second kappa shape index (κ2) is 9.52. The number of carbonyl (C=O) groups excluding carboxylic acids is 1. The van der Waals surface area contributed by atoms with Crippen LogP contribution in [-0.2, 0) is 17.6 Å². The normalized spacial score (nSPS) is 10.7. The minimum Gasteiger partial charge on any atom is -0.493 e. The van der Waals surface area contributed by atoms with Gasteiger partial charge < -0.3 is 14.8 Å². The quantitative estimate of drug-likeness (QED) is 0.747. The number of ether oxygens (including phenoxy) is 2. The van der Waals surface area contributed by atoms with E-state index in [4.69, 9.17) is 9.47 Å². The first kappa shape index (κ1) is 18.6. The molecule has 0 radical (unpaired) electrons. The first-order valence-electron chi connectivity index (χ1n) is 8.42. The van der Waals surface area contributed by atoms with E-state index in [2.05, 4.69) is 36.5 Å². The number of benzene rings is 2. The summed E-state index contributed by atoms with van der Waals surface area (Å²) in [5, 5.41) is 2.90. The molecule has 4 heteroatoms. The Hall–Kier alpha value is -2.75. The van der Waals surface area contributed by atoms with Crippen LogP contribution in [0.2, 0.25) is 0 Å². The van der Waals surface area contributed by atoms with Crippen molar-refractivity contribution in [3.63, 3.8) is 0 Å². The molecule has 4 nitrogen and oxygen atoms in total. The van der Waals surface area contributed by atoms with Crippen LogP contribution in [0.25, 0.3) is 6.08 Å². The van der Waals surface area contributed by atoms with Crippen molar-refractivity contribution in [2.75, 3.05) is 20.8 Å². The lowest BCUT2D eigenvalue weighted by Crippen LogP contribution is -2.23. The Balaban J connectivity index is 1.84. The van der Waals surface area contributed by atoms with Gasteiger partial charge in [0.05, 0.1) is 14.2 Å². The Morgan fingerprint density at radius 3 is 2.32 bits per heavy atom. The van der Waals surface area contributed by atoms with Crippen molar-refractivity contribution in [3.05, 3.63) is 65.2 Å². The van der Waals surface area contributed by atoms with Gasteiger partial charge >= 0.3 is 0 Å². The van der Waals surface area contributed by atoms with Gasteiger partial charge in [-0.15, -0.1) is 0 Å². The van der Waals surface area contributed by atoms with E-state index in [1.54, 1.807) is 20.3 Å². The van der Waals surface area contributed by atoms with Gasteiger partial charge in [0.15, 0.2) is 11.5 Å². The summed E-state index contributed by atoms with van der Waals surface area (Å²) in [6, 6.07) is 14.0. The highest BCUT2D eigenvalue weighted by Gasteiger charge is 2.03. The van der Waals surface area contributed by atoms with Gasteiger partial charge in [-0.1, -0.05) is 37.3 Å². The number of amides is 1. The third-order valence-corrected chi connectivity index (χ3v) is 3.98. The van der Waals surface area contributed by atoms with Crippen molar-refractivity contribution >= 4 is 12.0 Å². The van der Waals surface area contributed by atoms with Gasteiger partial charge in [0.1, 0.15) is 0 Å². The van der Waals surface area contributed by atoms with Crippen LogP contribution < -0.4 is 14.8 Å². The van der Waals surface area contributed by atoms with Crippen molar-refractivity contribution in [1.29, 1.82) is 0 Å². The third-order valence-electron chi connectivity index (χ3n) is 3.98. The SMILES string of the molecule is CCc1ccc(CCNC(=O)/C=C/c2ccc(OC)c(OC)c2)cc1. The molecule has 0 bridgehead atoms. The first-order valence-corrected chi connectivity index (χ1v) is 8.42. The second-order valence-corrected chi connectivity index (χ2v) is 5.66. The van der Waals surface area contributed by atoms with Crippen molar-refractivity contribution in [1.82, 2.24) is 5.32 Å². The summed E-state index contributed by atoms with van der Waals surface area (Å²) < 4.78 is 10.5. The second-order valence-electron chi connectivity index (χ2n) is 5.66. The fourth-order valence-corrected chi connectivity index (χ4v) is 2.46. The Morgan fingerprint density at radius 1 is 1.00 bits per heavy atom. The zero-order valence-corrected chi connectivity index (χ0v) is 15.0. The third kappa shape index (κ3) is 5.68. The average molecular weight is 339 g/mol. The van der Waals surface area contributed by atoms with Crippen LogP contribution in [-0.4, -0.2) is 26.7 Å². The Bertz CT molecular complexity index is 720. The molecule has 0 aliphatic heterocycles. The van der Waals surface area contributed by atoms with Crippen LogP contribution in [0.3, 0.4) is 0 Å².